The van der Waals surface area contributed by atoms with E-state index in [2.05, 4.69) is 26.3 Å². The fourth-order valence-electron chi connectivity index (χ4n) is 4.67. The third kappa shape index (κ3) is 8.96. The largest absolute Gasteiger partial charge is 0.486 e. The molecule has 12 heteroatoms. The van der Waals surface area contributed by atoms with Gasteiger partial charge in [0, 0.05) is 43.8 Å². The zero-order valence-corrected chi connectivity index (χ0v) is 27.0. The molecule has 0 spiro atoms. The van der Waals surface area contributed by atoms with Crippen LogP contribution in [0.15, 0.2) is 54.9 Å². The molecule has 46 heavy (non-hydrogen) atoms. The molecular weight excluding hydrogens is 590 g/mol. The van der Waals surface area contributed by atoms with E-state index in [-0.39, 0.29) is 60.8 Å². The summed E-state index contributed by atoms with van der Waals surface area (Å²) < 4.78 is 16.6. The Morgan fingerprint density at radius 2 is 1.20 bits per heavy atom. The Morgan fingerprint density at radius 1 is 0.674 bits per heavy atom. The number of alkyl carbamates (subject to hydrolysis) is 2. The van der Waals surface area contributed by atoms with Crippen molar-refractivity contribution in [2.24, 2.45) is 0 Å². The van der Waals surface area contributed by atoms with Gasteiger partial charge in [0.2, 0.25) is 5.78 Å². The molecule has 3 aromatic rings. The van der Waals surface area contributed by atoms with E-state index in [9.17, 15) is 19.2 Å². The molecule has 1 aliphatic carbocycles. The summed E-state index contributed by atoms with van der Waals surface area (Å²) in [5.41, 5.74) is 1.02. The number of nitrogens with zero attached hydrogens (tertiary/aromatic N) is 1. The number of carbonyl (C=O) groups is 4. The number of hydrogen-bond acceptors (Lipinski definition) is 10. The number of fused-ring (bicyclic) bond motifs is 2. The van der Waals surface area contributed by atoms with E-state index in [0.717, 1.165) is 5.56 Å². The summed E-state index contributed by atoms with van der Waals surface area (Å²) in [5, 5.41) is 11.7. The maximum atomic E-state index is 14.2. The molecule has 0 unspecified atom stereocenters. The van der Waals surface area contributed by atoms with Crippen LogP contribution in [0.4, 0.5) is 21.0 Å². The predicted molar refractivity (Wildman–Crippen MR) is 174 cm³/mol. The van der Waals surface area contributed by atoms with Crippen LogP contribution in [0.2, 0.25) is 0 Å². The highest BCUT2D eigenvalue weighted by Crippen LogP contribution is 2.39. The van der Waals surface area contributed by atoms with Crippen molar-refractivity contribution in [3.8, 4) is 5.75 Å². The second-order valence-corrected chi connectivity index (χ2v) is 12.6. The SMILES string of the molecule is CC(C)(C)OC(=O)NCCNc1ccc(NCCNC(=O)OC(C)(C)C)c2c1C(=O)c1cncc(OCc3ccccc3)c1C2=O. The van der Waals surface area contributed by atoms with Crippen LogP contribution in [0.25, 0.3) is 0 Å². The molecule has 0 fully saturated rings. The van der Waals surface area contributed by atoms with Crippen molar-refractivity contribution in [2.45, 2.75) is 59.4 Å². The molecule has 0 saturated heterocycles. The monoisotopic (exact) mass is 631 g/mol. The minimum Gasteiger partial charge on any atom is -0.486 e. The summed E-state index contributed by atoms with van der Waals surface area (Å²) in [6.45, 7) is 11.7. The highest BCUT2D eigenvalue weighted by atomic mass is 16.6. The molecule has 0 aliphatic heterocycles. The van der Waals surface area contributed by atoms with Crippen LogP contribution in [-0.4, -0.2) is 66.1 Å². The number of ether oxygens (including phenoxy) is 3. The number of amides is 2. The Kier molecular flexibility index (Phi) is 10.5. The van der Waals surface area contributed by atoms with Crippen molar-refractivity contribution in [1.82, 2.24) is 15.6 Å². The molecular formula is C34H41N5O7. The van der Waals surface area contributed by atoms with Gasteiger partial charge in [0.1, 0.15) is 23.6 Å². The van der Waals surface area contributed by atoms with Crippen LogP contribution in [-0.2, 0) is 16.1 Å². The molecule has 1 aromatic heterocycles. The fraction of sp³-hybridized carbons (Fsp3) is 0.382. The fourth-order valence-corrected chi connectivity index (χ4v) is 4.67. The van der Waals surface area contributed by atoms with E-state index >= 15 is 0 Å². The minimum absolute atomic E-state index is 0.127. The van der Waals surface area contributed by atoms with Crippen LogP contribution < -0.4 is 26.0 Å². The average Bonchev–Trinajstić information content (AvgIpc) is 2.98. The zero-order chi connectivity index (χ0) is 33.5. The molecule has 2 amide bonds. The molecule has 0 atom stereocenters. The molecule has 4 rings (SSSR count). The summed E-state index contributed by atoms with van der Waals surface area (Å²) in [7, 11) is 0. The normalized spacial score (nSPS) is 12.4. The van der Waals surface area contributed by atoms with Gasteiger partial charge in [-0.3, -0.25) is 14.6 Å². The molecule has 4 N–H and O–H groups in total. The second-order valence-electron chi connectivity index (χ2n) is 12.6. The molecule has 1 aliphatic rings. The minimum atomic E-state index is -0.642. The molecule has 0 bridgehead atoms. The van der Waals surface area contributed by atoms with Crippen molar-refractivity contribution in [1.29, 1.82) is 0 Å². The first-order valence-electron chi connectivity index (χ1n) is 15.1. The topological polar surface area (TPSA) is 157 Å². The lowest BCUT2D eigenvalue weighted by molar-refractivity contribution is 0.0518. The van der Waals surface area contributed by atoms with Crippen LogP contribution in [0.1, 0.15) is 78.9 Å². The van der Waals surface area contributed by atoms with Gasteiger partial charge < -0.3 is 35.5 Å². The van der Waals surface area contributed by atoms with E-state index in [1.54, 1.807) is 53.7 Å². The van der Waals surface area contributed by atoms with Gasteiger partial charge >= 0.3 is 12.2 Å². The highest BCUT2D eigenvalue weighted by Gasteiger charge is 2.37. The summed E-state index contributed by atoms with van der Waals surface area (Å²) in [5.74, 6) is -0.614. The van der Waals surface area contributed by atoms with Crippen molar-refractivity contribution in [3.63, 3.8) is 0 Å². The Bertz CT molecular complexity index is 1590. The number of ketones is 2. The predicted octanol–water partition coefficient (Wildman–Crippen LogP) is 5.31. The van der Waals surface area contributed by atoms with Gasteiger partial charge in [0.25, 0.3) is 0 Å². The van der Waals surface area contributed by atoms with Crippen LogP contribution in [0.3, 0.4) is 0 Å². The number of anilines is 2. The summed E-state index contributed by atoms with van der Waals surface area (Å²) in [6, 6.07) is 12.8. The van der Waals surface area contributed by atoms with Crippen LogP contribution >= 0.6 is 0 Å². The van der Waals surface area contributed by atoms with Crippen molar-refractivity contribution in [3.05, 3.63) is 82.7 Å². The van der Waals surface area contributed by atoms with E-state index < -0.39 is 35.0 Å². The van der Waals surface area contributed by atoms with Crippen LogP contribution in [0.5, 0.6) is 5.75 Å². The smallest absolute Gasteiger partial charge is 0.407 e. The molecule has 0 saturated carbocycles. The molecule has 2 aromatic carbocycles. The van der Waals surface area contributed by atoms with Gasteiger partial charge in [-0.2, -0.15) is 0 Å². The molecule has 1 heterocycles. The molecule has 12 nitrogen and oxygen atoms in total. The summed E-state index contributed by atoms with van der Waals surface area (Å²) in [6.07, 6.45) is 1.67. The summed E-state index contributed by atoms with van der Waals surface area (Å²) >= 11 is 0. The lowest BCUT2D eigenvalue weighted by Gasteiger charge is -2.25. The van der Waals surface area contributed by atoms with E-state index in [0.29, 0.717) is 11.4 Å². The number of pyridine rings is 1. The standard InChI is InChI=1S/C34H41N5O7/c1-33(2,3)45-31(42)38-16-14-36-23-12-13-24(37-15-17-39-32(43)46-34(4,5)6)28-27(23)29(40)22-18-35-19-25(26(22)30(28)41)44-20-21-10-8-7-9-11-21/h7-13,18-19,36-37H,14-17,20H2,1-6H3,(H,38,42)(H,39,43). The third-order valence-corrected chi connectivity index (χ3v) is 6.50. The maximum absolute atomic E-state index is 14.2. The number of nitrogens with one attached hydrogen (secondary N) is 4. The van der Waals surface area contributed by atoms with Crippen molar-refractivity contribution < 1.29 is 33.4 Å². The van der Waals surface area contributed by atoms with E-state index in [1.807, 2.05) is 30.3 Å². The third-order valence-electron chi connectivity index (χ3n) is 6.50. The van der Waals surface area contributed by atoms with Gasteiger partial charge in [-0.1, -0.05) is 30.3 Å². The Morgan fingerprint density at radius 3 is 1.72 bits per heavy atom. The zero-order valence-electron chi connectivity index (χ0n) is 27.0. The lowest BCUT2D eigenvalue weighted by Crippen LogP contribution is -2.35. The average molecular weight is 632 g/mol. The molecule has 244 valence electrons. The molecule has 0 radical (unpaired) electrons. The van der Waals surface area contributed by atoms with E-state index in [1.165, 1.54) is 12.4 Å². The quantitative estimate of drug-likeness (QED) is 0.160. The number of hydrogen-bond donors (Lipinski definition) is 4. The summed E-state index contributed by atoms with van der Waals surface area (Å²) in [4.78, 5) is 56.6. The highest BCUT2D eigenvalue weighted by molar-refractivity contribution is 6.32. The number of rotatable bonds is 11. The van der Waals surface area contributed by atoms with Gasteiger partial charge in [-0.05, 0) is 59.2 Å². The number of carbonyl (C=O) groups excluding carboxylic acids is 4. The Balaban J connectivity index is 1.58. The maximum Gasteiger partial charge on any atom is 0.407 e. The van der Waals surface area contributed by atoms with Gasteiger partial charge in [0.15, 0.2) is 5.78 Å². The van der Waals surface area contributed by atoms with Gasteiger partial charge in [-0.25, -0.2) is 9.59 Å². The van der Waals surface area contributed by atoms with Crippen molar-refractivity contribution >= 4 is 35.1 Å². The Labute approximate surface area is 268 Å². The number of aromatic nitrogens is 1. The lowest BCUT2D eigenvalue weighted by atomic mass is 9.82. The van der Waals surface area contributed by atoms with Gasteiger partial charge in [-0.15, -0.1) is 0 Å². The first kappa shape index (κ1) is 33.8. The van der Waals surface area contributed by atoms with E-state index in [4.69, 9.17) is 14.2 Å². The second kappa shape index (κ2) is 14.3. The van der Waals surface area contributed by atoms with Crippen molar-refractivity contribution in [2.75, 3.05) is 36.8 Å². The van der Waals surface area contributed by atoms with Gasteiger partial charge in [0.05, 0.1) is 28.5 Å². The van der Waals surface area contributed by atoms with Crippen LogP contribution in [0, 0.1) is 0 Å². The first-order valence-corrected chi connectivity index (χ1v) is 15.1. The number of benzene rings is 2. The Hall–Kier alpha value is -5.13. The first-order chi connectivity index (χ1) is 21.7.